The highest BCUT2D eigenvalue weighted by atomic mass is 35.5. The van der Waals surface area contributed by atoms with Crippen molar-refractivity contribution in [2.45, 2.75) is 18.1 Å². The van der Waals surface area contributed by atoms with Gasteiger partial charge in [0.1, 0.15) is 0 Å². The molecule has 4 nitrogen and oxygen atoms in total. The molecule has 0 aliphatic carbocycles. The largest absolute Gasteiger partial charge is 0.416 e. The Hall–Kier alpha value is -2.58. The summed E-state index contributed by atoms with van der Waals surface area (Å²) in [6.45, 7) is -0.363. The summed E-state index contributed by atoms with van der Waals surface area (Å²) in [7, 11) is 0. The van der Waals surface area contributed by atoms with Crippen LogP contribution in [0.4, 0.5) is 18.9 Å². The number of amides is 1. The molecule has 0 saturated heterocycles. The number of hydrogen-bond acceptors (Lipinski definition) is 3. The van der Waals surface area contributed by atoms with Gasteiger partial charge >= 0.3 is 6.18 Å². The summed E-state index contributed by atoms with van der Waals surface area (Å²) in [5, 5.41) is 12.0. The zero-order valence-corrected chi connectivity index (χ0v) is 17.9. The third kappa shape index (κ3) is 4.21. The number of nitrogens with one attached hydrogen (secondary N) is 1. The average molecular weight is 481 g/mol. The SMILES string of the molecule is O=C1C(c2ccc(C(F)(F)F)cc2)c2ccccc2N1N[C@H](CO)c1ccc(Cl)cc1Cl. The molecule has 0 saturated carbocycles. The second kappa shape index (κ2) is 8.75. The van der Waals surface area contributed by atoms with E-state index < -0.39 is 23.7 Å². The molecule has 3 aromatic carbocycles. The van der Waals surface area contributed by atoms with E-state index >= 15 is 0 Å². The van der Waals surface area contributed by atoms with Crippen LogP contribution in [0.15, 0.2) is 66.7 Å². The summed E-state index contributed by atoms with van der Waals surface area (Å²) in [6, 6.07) is 15.6. The van der Waals surface area contributed by atoms with Crippen molar-refractivity contribution < 1.29 is 23.1 Å². The predicted octanol–water partition coefficient (Wildman–Crippen LogP) is 5.73. The van der Waals surface area contributed by atoms with Gasteiger partial charge in [-0.2, -0.15) is 13.2 Å². The zero-order chi connectivity index (χ0) is 23.0. The Morgan fingerprint density at radius 1 is 1.03 bits per heavy atom. The Kier molecular flexibility index (Phi) is 6.18. The molecular weight excluding hydrogens is 464 g/mol. The second-order valence-electron chi connectivity index (χ2n) is 7.32. The number of hydrogen-bond donors (Lipinski definition) is 2. The molecule has 1 amide bonds. The molecular formula is C23H17Cl2F3N2O2. The molecule has 32 heavy (non-hydrogen) atoms. The Morgan fingerprint density at radius 2 is 1.72 bits per heavy atom. The van der Waals surface area contributed by atoms with E-state index in [1.54, 1.807) is 36.4 Å². The van der Waals surface area contributed by atoms with Gasteiger partial charge in [-0.15, -0.1) is 0 Å². The first-order chi connectivity index (χ1) is 15.2. The molecule has 3 aromatic rings. The summed E-state index contributed by atoms with van der Waals surface area (Å²) in [5.74, 6) is -1.17. The van der Waals surface area contributed by atoms with Gasteiger partial charge in [0, 0.05) is 10.0 Å². The number of alkyl halides is 3. The third-order valence-electron chi connectivity index (χ3n) is 5.33. The van der Waals surface area contributed by atoms with Crippen LogP contribution in [0.2, 0.25) is 10.0 Å². The fraction of sp³-hybridized carbons (Fsp3) is 0.174. The first-order valence-corrected chi connectivity index (χ1v) is 10.4. The van der Waals surface area contributed by atoms with Crippen LogP contribution < -0.4 is 10.4 Å². The predicted molar refractivity (Wildman–Crippen MR) is 117 cm³/mol. The summed E-state index contributed by atoms with van der Waals surface area (Å²) >= 11 is 12.2. The van der Waals surface area contributed by atoms with E-state index in [1.807, 2.05) is 0 Å². The number of anilines is 1. The minimum absolute atomic E-state index is 0.322. The number of para-hydroxylation sites is 1. The molecule has 1 unspecified atom stereocenters. The van der Waals surface area contributed by atoms with Gasteiger partial charge < -0.3 is 5.11 Å². The second-order valence-corrected chi connectivity index (χ2v) is 8.16. The van der Waals surface area contributed by atoms with Gasteiger partial charge in [-0.25, -0.2) is 10.4 Å². The van der Waals surface area contributed by atoms with Crippen molar-refractivity contribution in [3.05, 3.63) is 99.0 Å². The topological polar surface area (TPSA) is 52.6 Å². The number of hydrazine groups is 1. The van der Waals surface area contributed by atoms with Gasteiger partial charge in [-0.05, 0) is 47.0 Å². The maximum atomic E-state index is 13.4. The van der Waals surface area contributed by atoms with Crippen LogP contribution >= 0.6 is 23.2 Å². The highest BCUT2D eigenvalue weighted by Gasteiger charge is 2.40. The molecule has 4 rings (SSSR count). The van der Waals surface area contributed by atoms with Crippen molar-refractivity contribution in [3.63, 3.8) is 0 Å². The Balaban J connectivity index is 1.68. The van der Waals surface area contributed by atoms with E-state index in [9.17, 15) is 23.1 Å². The van der Waals surface area contributed by atoms with Crippen molar-refractivity contribution in [1.29, 1.82) is 0 Å². The normalized spacial score (nSPS) is 16.9. The molecule has 1 heterocycles. The Bertz CT molecular complexity index is 1150. The smallest absolute Gasteiger partial charge is 0.394 e. The molecule has 0 spiro atoms. The average Bonchev–Trinajstić information content (AvgIpc) is 3.03. The minimum atomic E-state index is -4.46. The number of carbonyl (C=O) groups excluding carboxylic acids is 1. The molecule has 9 heteroatoms. The van der Waals surface area contributed by atoms with E-state index in [2.05, 4.69) is 5.43 Å². The summed E-state index contributed by atoms with van der Waals surface area (Å²) in [4.78, 5) is 13.4. The van der Waals surface area contributed by atoms with Crippen molar-refractivity contribution in [2.24, 2.45) is 0 Å². The molecule has 0 radical (unpaired) electrons. The van der Waals surface area contributed by atoms with Gasteiger partial charge in [0.2, 0.25) is 0 Å². The lowest BCUT2D eigenvalue weighted by Gasteiger charge is -2.26. The van der Waals surface area contributed by atoms with Gasteiger partial charge in [0.25, 0.3) is 5.91 Å². The van der Waals surface area contributed by atoms with Gasteiger partial charge in [-0.3, -0.25) is 4.79 Å². The molecule has 2 N–H and O–H groups in total. The standard InChI is InChI=1S/C23H17Cl2F3N2O2/c24-15-9-10-16(18(25)11-15)19(12-31)29-30-20-4-2-1-3-17(20)21(22(30)32)13-5-7-14(8-6-13)23(26,27)28/h1-11,19,21,29,31H,12H2/t19-,21?/m1/s1. The molecule has 0 bridgehead atoms. The van der Waals surface area contributed by atoms with Crippen LogP contribution in [-0.4, -0.2) is 17.6 Å². The number of benzene rings is 3. The van der Waals surface area contributed by atoms with Crippen LogP contribution in [0, 0.1) is 0 Å². The Morgan fingerprint density at radius 3 is 2.34 bits per heavy atom. The summed E-state index contributed by atoms with van der Waals surface area (Å²) < 4.78 is 38.8. The molecule has 0 fully saturated rings. The van der Waals surface area contributed by atoms with Crippen LogP contribution in [-0.2, 0) is 11.0 Å². The van der Waals surface area contributed by atoms with Crippen molar-refractivity contribution in [1.82, 2.24) is 5.43 Å². The molecule has 166 valence electrons. The van der Waals surface area contributed by atoms with E-state index in [4.69, 9.17) is 23.2 Å². The van der Waals surface area contributed by atoms with Gasteiger partial charge in [-0.1, -0.05) is 59.6 Å². The zero-order valence-electron chi connectivity index (χ0n) is 16.4. The number of aliphatic hydroxyl groups excluding tert-OH is 1. The Labute approximate surface area is 192 Å². The van der Waals surface area contributed by atoms with Crippen LogP contribution in [0.5, 0.6) is 0 Å². The first kappa shape index (κ1) is 22.6. The molecule has 1 aliphatic heterocycles. The van der Waals surface area contributed by atoms with Crippen molar-refractivity contribution in [3.8, 4) is 0 Å². The maximum absolute atomic E-state index is 13.4. The lowest BCUT2D eigenvalue weighted by Crippen LogP contribution is -2.45. The van der Waals surface area contributed by atoms with E-state index in [1.165, 1.54) is 23.2 Å². The molecule has 2 atom stereocenters. The summed E-state index contributed by atoms with van der Waals surface area (Å²) in [6.07, 6.45) is -4.46. The third-order valence-corrected chi connectivity index (χ3v) is 5.90. The van der Waals surface area contributed by atoms with E-state index in [-0.39, 0.29) is 12.5 Å². The number of carbonyl (C=O) groups is 1. The summed E-state index contributed by atoms with van der Waals surface area (Å²) in [5.41, 5.74) is 4.39. The fourth-order valence-corrected chi connectivity index (χ4v) is 4.32. The quantitative estimate of drug-likeness (QED) is 0.490. The maximum Gasteiger partial charge on any atom is 0.416 e. The number of rotatable bonds is 5. The van der Waals surface area contributed by atoms with Crippen molar-refractivity contribution >= 4 is 34.8 Å². The lowest BCUT2D eigenvalue weighted by atomic mass is 9.92. The highest BCUT2D eigenvalue weighted by molar-refractivity contribution is 6.35. The number of halogens is 5. The number of aliphatic hydroxyl groups is 1. The molecule has 1 aliphatic rings. The monoisotopic (exact) mass is 480 g/mol. The van der Waals surface area contributed by atoms with Gasteiger partial charge in [0.15, 0.2) is 0 Å². The first-order valence-electron chi connectivity index (χ1n) is 9.62. The number of nitrogens with zero attached hydrogens (tertiary/aromatic N) is 1. The van der Waals surface area contributed by atoms with Crippen LogP contribution in [0.1, 0.15) is 34.2 Å². The van der Waals surface area contributed by atoms with E-state index in [0.29, 0.717) is 32.4 Å². The van der Waals surface area contributed by atoms with Crippen LogP contribution in [0.3, 0.4) is 0 Å². The van der Waals surface area contributed by atoms with Gasteiger partial charge in [0.05, 0.1) is 29.8 Å². The highest BCUT2D eigenvalue weighted by Crippen LogP contribution is 2.41. The lowest BCUT2D eigenvalue weighted by molar-refractivity contribution is -0.137. The van der Waals surface area contributed by atoms with E-state index in [0.717, 1.165) is 12.1 Å². The fourth-order valence-electron chi connectivity index (χ4n) is 3.78. The van der Waals surface area contributed by atoms with Crippen LogP contribution in [0.25, 0.3) is 0 Å². The van der Waals surface area contributed by atoms with Crippen molar-refractivity contribution in [2.75, 3.05) is 11.6 Å². The number of fused-ring (bicyclic) bond motifs is 1. The minimum Gasteiger partial charge on any atom is -0.394 e. The molecule has 0 aromatic heterocycles.